The lowest BCUT2D eigenvalue weighted by atomic mass is 10.1. The fraction of sp³-hybridized carbons (Fsp3) is 0.375. The number of aromatic nitrogens is 1. The molecule has 1 aliphatic heterocycles. The summed E-state index contributed by atoms with van der Waals surface area (Å²) in [5, 5.41) is 1.95. The first kappa shape index (κ1) is 19.6. The minimum absolute atomic E-state index is 0.123. The predicted octanol–water partition coefficient (Wildman–Crippen LogP) is 4.42. The molecule has 2 aromatic rings. The topological polar surface area (TPSA) is 48.4 Å². The third-order valence-corrected chi connectivity index (χ3v) is 4.75. The standard InChI is InChI=1S/C16H11F6NO3S/c1-8-2-4-9(5-3-8)12-23-10(7-27-12)6-11-13(24)26-14(25-11,15(17,18)19)16(20,21)22/h2-5,7,11H,6H2,1H3. The van der Waals surface area contributed by atoms with Crippen molar-refractivity contribution in [3.05, 3.63) is 40.9 Å². The van der Waals surface area contributed by atoms with Crippen molar-refractivity contribution in [3.8, 4) is 10.6 Å². The zero-order valence-electron chi connectivity index (χ0n) is 13.5. The number of rotatable bonds is 3. The van der Waals surface area contributed by atoms with E-state index in [0.717, 1.165) is 22.5 Å². The normalized spacial score (nSPS) is 20.0. The van der Waals surface area contributed by atoms with Crippen LogP contribution >= 0.6 is 11.3 Å². The van der Waals surface area contributed by atoms with Gasteiger partial charge in [0.05, 0.1) is 5.69 Å². The van der Waals surface area contributed by atoms with Crippen molar-refractivity contribution in [2.75, 3.05) is 0 Å². The van der Waals surface area contributed by atoms with Crippen molar-refractivity contribution in [2.24, 2.45) is 0 Å². The number of hydrogen-bond donors (Lipinski definition) is 0. The van der Waals surface area contributed by atoms with Crippen LogP contribution in [0.25, 0.3) is 10.6 Å². The van der Waals surface area contributed by atoms with Gasteiger partial charge in [0.1, 0.15) is 5.01 Å². The molecule has 146 valence electrons. The van der Waals surface area contributed by atoms with E-state index in [0.29, 0.717) is 5.01 Å². The van der Waals surface area contributed by atoms with Crippen molar-refractivity contribution < 1.29 is 40.6 Å². The van der Waals surface area contributed by atoms with Gasteiger partial charge in [0, 0.05) is 17.4 Å². The molecule has 1 saturated heterocycles. The van der Waals surface area contributed by atoms with Gasteiger partial charge >= 0.3 is 24.1 Å². The molecule has 0 radical (unpaired) electrons. The Morgan fingerprint density at radius 3 is 2.22 bits per heavy atom. The highest BCUT2D eigenvalue weighted by molar-refractivity contribution is 7.13. The lowest BCUT2D eigenvalue weighted by molar-refractivity contribution is -0.439. The second-order valence-electron chi connectivity index (χ2n) is 5.85. The molecular formula is C16H11F6NO3S. The SMILES string of the molecule is Cc1ccc(-c2nc(CC3OC(C(F)(F)F)(C(F)(F)F)OC3=O)cs2)cc1. The molecule has 2 heterocycles. The van der Waals surface area contributed by atoms with Gasteiger partial charge in [-0.25, -0.2) is 9.78 Å². The molecule has 1 atom stereocenters. The van der Waals surface area contributed by atoms with Gasteiger partial charge in [0.2, 0.25) is 0 Å². The highest BCUT2D eigenvalue weighted by Gasteiger charge is 2.80. The largest absolute Gasteiger partial charge is 0.465 e. The molecule has 1 aromatic carbocycles. The summed E-state index contributed by atoms with van der Waals surface area (Å²) in [6.07, 6.45) is -14.6. The van der Waals surface area contributed by atoms with E-state index in [4.69, 9.17) is 0 Å². The fourth-order valence-corrected chi connectivity index (χ4v) is 3.27. The molecule has 11 heteroatoms. The van der Waals surface area contributed by atoms with E-state index in [1.54, 1.807) is 12.1 Å². The number of aryl methyl sites for hydroxylation is 1. The van der Waals surface area contributed by atoms with Crippen molar-refractivity contribution >= 4 is 17.3 Å². The zero-order valence-corrected chi connectivity index (χ0v) is 14.3. The Bertz CT molecular complexity index is 829. The summed E-state index contributed by atoms with van der Waals surface area (Å²) in [6.45, 7) is 1.88. The Kier molecular flexibility index (Phi) is 4.71. The highest BCUT2D eigenvalue weighted by atomic mass is 32.1. The van der Waals surface area contributed by atoms with Gasteiger partial charge in [-0.05, 0) is 6.92 Å². The number of nitrogens with zero attached hydrogens (tertiary/aromatic N) is 1. The van der Waals surface area contributed by atoms with Crippen LogP contribution in [0.15, 0.2) is 29.6 Å². The Morgan fingerprint density at radius 1 is 1.11 bits per heavy atom. The first-order valence-corrected chi connectivity index (χ1v) is 8.36. The summed E-state index contributed by atoms with van der Waals surface area (Å²) in [6, 6.07) is 7.21. The Morgan fingerprint density at radius 2 is 1.70 bits per heavy atom. The Balaban J connectivity index is 1.81. The van der Waals surface area contributed by atoms with Crippen LogP contribution in [0.5, 0.6) is 0 Å². The maximum atomic E-state index is 12.9. The molecule has 0 saturated carbocycles. The maximum Gasteiger partial charge on any atom is 0.465 e. The number of carbonyl (C=O) groups excluding carboxylic acids is 1. The molecule has 27 heavy (non-hydrogen) atoms. The van der Waals surface area contributed by atoms with Crippen LogP contribution in [-0.2, 0) is 20.7 Å². The second kappa shape index (κ2) is 6.48. The summed E-state index contributed by atoms with van der Waals surface area (Å²) in [5.41, 5.74) is 1.86. The van der Waals surface area contributed by atoms with E-state index < -0.39 is 36.6 Å². The highest BCUT2D eigenvalue weighted by Crippen LogP contribution is 2.50. The van der Waals surface area contributed by atoms with Crippen molar-refractivity contribution in [1.82, 2.24) is 4.98 Å². The number of thiazole rings is 1. The maximum absolute atomic E-state index is 12.9. The molecule has 1 aromatic heterocycles. The van der Waals surface area contributed by atoms with Crippen LogP contribution in [0.4, 0.5) is 26.3 Å². The number of hydrogen-bond acceptors (Lipinski definition) is 5. The van der Waals surface area contributed by atoms with Crippen LogP contribution in [0, 0.1) is 6.92 Å². The number of alkyl halides is 6. The predicted molar refractivity (Wildman–Crippen MR) is 81.8 cm³/mol. The van der Waals surface area contributed by atoms with Crippen LogP contribution in [0.3, 0.4) is 0 Å². The van der Waals surface area contributed by atoms with Gasteiger partial charge in [-0.15, -0.1) is 11.3 Å². The van der Waals surface area contributed by atoms with Gasteiger partial charge in [-0.1, -0.05) is 29.8 Å². The molecule has 3 rings (SSSR count). The van der Waals surface area contributed by atoms with Gasteiger partial charge in [-0.2, -0.15) is 26.3 Å². The van der Waals surface area contributed by atoms with Crippen LogP contribution in [0.1, 0.15) is 11.3 Å². The lowest BCUT2D eigenvalue weighted by Gasteiger charge is -2.30. The average Bonchev–Trinajstić information content (AvgIpc) is 3.13. The van der Waals surface area contributed by atoms with Gasteiger partial charge < -0.3 is 9.47 Å². The number of benzene rings is 1. The molecule has 1 aliphatic rings. The molecule has 0 spiro atoms. The fourth-order valence-electron chi connectivity index (χ4n) is 2.43. The van der Waals surface area contributed by atoms with E-state index in [1.807, 2.05) is 19.1 Å². The zero-order chi connectivity index (χ0) is 20.0. The van der Waals surface area contributed by atoms with Crippen molar-refractivity contribution in [1.29, 1.82) is 0 Å². The molecule has 1 fully saturated rings. The van der Waals surface area contributed by atoms with Gasteiger partial charge in [-0.3, -0.25) is 0 Å². The van der Waals surface area contributed by atoms with E-state index in [1.165, 1.54) is 5.38 Å². The molecule has 0 N–H and O–H groups in total. The number of esters is 1. The summed E-state index contributed by atoms with van der Waals surface area (Å²) in [7, 11) is 0. The summed E-state index contributed by atoms with van der Waals surface area (Å²) in [5.74, 6) is -6.70. The summed E-state index contributed by atoms with van der Waals surface area (Å²) >= 11 is 1.14. The minimum atomic E-state index is -5.97. The van der Waals surface area contributed by atoms with Crippen LogP contribution < -0.4 is 0 Å². The van der Waals surface area contributed by atoms with E-state index in [9.17, 15) is 31.1 Å². The molecule has 0 aliphatic carbocycles. The minimum Gasteiger partial charge on any atom is -0.414 e. The van der Waals surface area contributed by atoms with Gasteiger partial charge in [0.15, 0.2) is 6.10 Å². The molecule has 0 amide bonds. The van der Waals surface area contributed by atoms with E-state index in [-0.39, 0.29) is 5.69 Å². The molecule has 0 bridgehead atoms. The molecular weight excluding hydrogens is 400 g/mol. The molecule has 1 unspecified atom stereocenters. The average molecular weight is 411 g/mol. The third kappa shape index (κ3) is 3.53. The number of carbonyl (C=O) groups is 1. The Hall–Kier alpha value is -2.14. The quantitative estimate of drug-likeness (QED) is 0.554. The number of ether oxygens (including phenoxy) is 2. The van der Waals surface area contributed by atoms with Crippen molar-refractivity contribution in [2.45, 2.75) is 37.6 Å². The second-order valence-corrected chi connectivity index (χ2v) is 6.71. The number of halogens is 6. The number of cyclic esters (lactones) is 1. The lowest BCUT2D eigenvalue weighted by Crippen LogP contribution is -2.58. The third-order valence-electron chi connectivity index (χ3n) is 3.81. The smallest absolute Gasteiger partial charge is 0.414 e. The van der Waals surface area contributed by atoms with Crippen molar-refractivity contribution in [3.63, 3.8) is 0 Å². The van der Waals surface area contributed by atoms with Gasteiger partial charge in [0.25, 0.3) is 0 Å². The van der Waals surface area contributed by atoms with Crippen LogP contribution in [-0.4, -0.2) is 35.2 Å². The monoisotopic (exact) mass is 411 g/mol. The van der Waals surface area contributed by atoms with E-state index >= 15 is 0 Å². The summed E-state index contributed by atoms with van der Waals surface area (Å²) < 4.78 is 85.2. The first-order valence-electron chi connectivity index (χ1n) is 7.48. The van der Waals surface area contributed by atoms with E-state index in [2.05, 4.69) is 14.5 Å². The Labute approximate surface area is 152 Å². The van der Waals surface area contributed by atoms with Crippen LogP contribution in [0.2, 0.25) is 0 Å². The molecule has 4 nitrogen and oxygen atoms in total. The first-order chi connectivity index (χ1) is 12.4. The summed E-state index contributed by atoms with van der Waals surface area (Å²) in [4.78, 5) is 15.8.